The average molecular weight is 247 g/mol. The Labute approximate surface area is 101 Å². The van der Waals surface area contributed by atoms with Gasteiger partial charge < -0.3 is 10.2 Å². The molecular formula is C11H21NO3S. The zero-order valence-electron chi connectivity index (χ0n) is 9.90. The molecule has 5 heteroatoms. The maximum atomic E-state index is 11.5. The van der Waals surface area contributed by atoms with Crippen LogP contribution < -0.4 is 5.32 Å². The van der Waals surface area contributed by atoms with Crippen molar-refractivity contribution in [1.82, 2.24) is 5.32 Å². The van der Waals surface area contributed by atoms with Gasteiger partial charge in [-0.1, -0.05) is 0 Å². The summed E-state index contributed by atoms with van der Waals surface area (Å²) in [6, 6.07) is 0.159. The molecule has 1 rings (SSSR count). The van der Waals surface area contributed by atoms with E-state index in [4.69, 9.17) is 5.11 Å². The van der Waals surface area contributed by atoms with Gasteiger partial charge in [0, 0.05) is 17.5 Å². The number of carboxylic acids is 1. The minimum atomic E-state index is -0.798. The number of hydrogen-bond donors (Lipinski definition) is 3. The first kappa shape index (κ1) is 13.8. The van der Waals surface area contributed by atoms with E-state index in [1.165, 1.54) is 11.8 Å². The van der Waals surface area contributed by atoms with Crippen molar-refractivity contribution in [3.05, 3.63) is 0 Å². The first-order chi connectivity index (χ1) is 7.53. The molecule has 4 nitrogen and oxygen atoms in total. The van der Waals surface area contributed by atoms with Gasteiger partial charge >= 0.3 is 5.97 Å². The summed E-state index contributed by atoms with van der Waals surface area (Å²) in [5.41, 5.74) is -0.798. The Morgan fingerprint density at radius 1 is 1.56 bits per heavy atom. The lowest BCUT2D eigenvalue weighted by Crippen LogP contribution is -2.58. The van der Waals surface area contributed by atoms with Gasteiger partial charge in [-0.25, -0.2) is 0 Å². The fourth-order valence-electron chi connectivity index (χ4n) is 1.96. The van der Waals surface area contributed by atoms with E-state index in [-0.39, 0.29) is 18.6 Å². The molecule has 1 atom stereocenters. The van der Waals surface area contributed by atoms with Gasteiger partial charge in [-0.05, 0) is 32.6 Å². The summed E-state index contributed by atoms with van der Waals surface area (Å²) in [7, 11) is 0. The van der Waals surface area contributed by atoms with Crippen LogP contribution in [0.3, 0.4) is 0 Å². The Balaban J connectivity index is 2.67. The van der Waals surface area contributed by atoms with Crippen LogP contribution in [0, 0.1) is 5.92 Å². The number of aliphatic hydroxyl groups excluding tert-OH is 1. The topological polar surface area (TPSA) is 69.6 Å². The van der Waals surface area contributed by atoms with Crippen molar-refractivity contribution < 1.29 is 15.0 Å². The molecule has 0 aromatic carbocycles. The van der Waals surface area contributed by atoms with Crippen LogP contribution in [0.5, 0.6) is 0 Å². The SMILES string of the molecule is CC(C)NC(CSCCO)(C(=O)O)C1CC1. The van der Waals surface area contributed by atoms with Crippen LogP contribution in [0.1, 0.15) is 26.7 Å². The highest BCUT2D eigenvalue weighted by atomic mass is 32.2. The van der Waals surface area contributed by atoms with Crippen molar-refractivity contribution in [1.29, 1.82) is 0 Å². The number of hydrogen-bond acceptors (Lipinski definition) is 4. The van der Waals surface area contributed by atoms with Crippen LogP contribution in [0.15, 0.2) is 0 Å². The van der Waals surface area contributed by atoms with Gasteiger partial charge in [0.05, 0.1) is 6.61 Å². The zero-order valence-corrected chi connectivity index (χ0v) is 10.7. The van der Waals surface area contributed by atoms with Gasteiger partial charge in [-0.3, -0.25) is 10.1 Å². The molecule has 3 N–H and O–H groups in total. The van der Waals surface area contributed by atoms with Crippen LogP contribution >= 0.6 is 11.8 Å². The van der Waals surface area contributed by atoms with Crippen molar-refractivity contribution in [2.75, 3.05) is 18.1 Å². The van der Waals surface area contributed by atoms with E-state index in [9.17, 15) is 9.90 Å². The maximum Gasteiger partial charge on any atom is 0.325 e. The maximum absolute atomic E-state index is 11.5. The third-order valence-electron chi connectivity index (χ3n) is 2.77. The summed E-state index contributed by atoms with van der Waals surface area (Å²) in [6.45, 7) is 4.04. The Kier molecular flexibility index (Phi) is 5.08. The second-order valence-corrected chi connectivity index (χ2v) is 5.73. The fourth-order valence-corrected chi connectivity index (χ4v) is 3.00. The summed E-state index contributed by atoms with van der Waals surface area (Å²) in [5.74, 6) is 0.625. The monoisotopic (exact) mass is 247 g/mol. The fraction of sp³-hybridized carbons (Fsp3) is 0.909. The highest BCUT2D eigenvalue weighted by Gasteiger charge is 2.51. The molecule has 94 valence electrons. The van der Waals surface area contributed by atoms with E-state index in [0.717, 1.165) is 12.8 Å². The van der Waals surface area contributed by atoms with Gasteiger partial charge in [0.15, 0.2) is 0 Å². The number of aliphatic carboxylic acids is 1. The Morgan fingerprint density at radius 2 is 2.19 bits per heavy atom. The van der Waals surface area contributed by atoms with E-state index in [2.05, 4.69) is 5.32 Å². The van der Waals surface area contributed by atoms with Gasteiger partial charge in [0.2, 0.25) is 0 Å². The number of nitrogens with one attached hydrogen (secondary N) is 1. The lowest BCUT2D eigenvalue weighted by atomic mass is 9.94. The standard InChI is InChI=1S/C11H21NO3S/c1-8(2)12-11(10(14)15,9-3-4-9)7-16-6-5-13/h8-9,12-13H,3-7H2,1-2H3,(H,14,15). The molecule has 1 unspecified atom stereocenters. The lowest BCUT2D eigenvalue weighted by molar-refractivity contribution is -0.145. The molecular weight excluding hydrogens is 226 g/mol. The third kappa shape index (κ3) is 3.37. The average Bonchev–Trinajstić information content (AvgIpc) is 2.98. The van der Waals surface area contributed by atoms with E-state index in [1.54, 1.807) is 0 Å². The summed E-state index contributed by atoms with van der Waals surface area (Å²) >= 11 is 1.51. The minimum Gasteiger partial charge on any atom is -0.480 e. The molecule has 1 fully saturated rings. The smallest absolute Gasteiger partial charge is 0.325 e. The highest BCUT2D eigenvalue weighted by Crippen LogP contribution is 2.42. The molecule has 16 heavy (non-hydrogen) atoms. The van der Waals surface area contributed by atoms with Crippen molar-refractivity contribution >= 4 is 17.7 Å². The third-order valence-corrected chi connectivity index (χ3v) is 3.90. The quantitative estimate of drug-likeness (QED) is 0.557. The van der Waals surface area contributed by atoms with Gasteiger partial charge in [0.1, 0.15) is 5.54 Å². The number of carbonyl (C=O) groups is 1. The molecule has 0 radical (unpaired) electrons. The van der Waals surface area contributed by atoms with Crippen molar-refractivity contribution in [2.24, 2.45) is 5.92 Å². The van der Waals surface area contributed by atoms with E-state index in [0.29, 0.717) is 11.5 Å². The number of rotatable bonds is 8. The summed E-state index contributed by atoms with van der Waals surface area (Å²) < 4.78 is 0. The predicted octanol–water partition coefficient (Wildman–Crippen LogP) is 0.943. The molecule has 1 aliphatic rings. The highest BCUT2D eigenvalue weighted by molar-refractivity contribution is 7.99. The second-order valence-electron chi connectivity index (χ2n) is 4.63. The first-order valence-electron chi connectivity index (χ1n) is 5.72. The Bertz CT molecular complexity index is 243. The molecule has 0 saturated heterocycles. The molecule has 0 heterocycles. The lowest BCUT2D eigenvalue weighted by Gasteiger charge is -2.32. The van der Waals surface area contributed by atoms with Gasteiger partial charge in [-0.2, -0.15) is 11.8 Å². The van der Waals surface area contributed by atoms with Crippen LogP contribution in [0.25, 0.3) is 0 Å². The predicted molar refractivity (Wildman–Crippen MR) is 65.8 cm³/mol. The second kappa shape index (κ2) is 5.89. The Hall–Kier alpha value is -0.260. The number of carboxylic acid groups (broad SMARTS) is 1. The van der Waals surface area contributed by atoms with E-state index < -0.39 is 11.5 Å². The normalized spacial score (nSPS) is 19.8. The van der Waals surface area contributed by atoms with Crippen LogP contribution in [0.4, 0.5) is 0 Å². The van der Waals surface area contributed by atoms with Crippen molar-refractivity contribution in [2.45, 2.75) is 38.3 Å². The molecule has 0 aliphatic heterocycles. The van der Waals surface area contributed by atoms with Crippen molar-refractivity contribution in [3.63, 3.8) is 0 Å². The molecule has 0 aromatic heterocycles. The summed E-state index contributed by atoms with van der Waals surface area (Å²) in [4.78, 5) is 11.5. The van der Waals surface area contributed by atoms with E-state index in [1.807, 2.05) is 13.8 Å². The van der Waals surface area contributed by atoms with Crippen LogP contribution in [-0.4, -0.2) is 45.9 Å². The number of thioether (sulfide) groups is 1. The van der Waals surface area contributed by atoms with Crippen LogP contribution in [0.2, 0.25) is 0 Å². The minimum absolute atomic E-state index is 0.104. The molecule has 0 aromatic rings. The summed E-state index contributed by atoms with van der Waals surface area (Å²) in [5, 5.41) is 21.4. The first-order valence-corrected chi connectivity index (χ1v) is 6.88. The molecule has 0 bridgehead atoms. The van der Waals surface area contributed by atoms with Crippen LogP contribution in [-0.2, 0) is 4.79 Å². The molecule has 1 aliphatic carbocycles. The van der Waals surface area contributed by atoms with E-state index >= 15 is 0 Å². The molecule has 0 amide bonds. The zero-order chi connectivity index (χ0) is 12.2. The number of aliphatic hydroxyl groups is 1. The van der Waals surface area contributed by atoms with Gasteiger partial charge in [0.25, 0.3) is 0 Å². The largest absolute Gasteiger partial charge is 0.480 e. The summed E-state index contributed by atoms with van der Waals surface area (Å²) in [6.07, 6.45) is 1.98. The van der Waals surface area contributed by atoms with Crippen molar-refractivity contribution in [3.8, 4) is 0 Å². The molecule has 1 saturated carbocycles. The van der Waals surface area contributed by atoms with Gasteiger partial charge in [-0.15, -0.1) is 0 Å². The Morgan fingerprint density at radius 3 is 2.56 bits per heavy atom. The molecule has 0 spiro atoms.